The van der Waals surface area contributed by atoms with Gasteiger partial charge >= 0.3 is 0 Å². The van der Waals surface area contributed by atoms with Crippen LogP contribution in [0.25, 0.3) is 0 Å². The average Bonchev–Trinajstić information content (AvgIpc) is 3.34. The second-order valence-electron chi connectivity index (χ2n) is 7.10. The summed E-state index contributed by atoms with van der Waals surface area (Å²) in [6, 6.07) is 5.67. The third kappa shape index (κ3) is 3.58. The highest BCUT2D eigenvalue weighted by Crippen LogP contribution is 2.34. The summed E-state index contributed by atoms with van der Waals surface area (Å²) in [6.07, 6.45) is 6.63. The molecule has 0 radical (unpaired) electrons. The van der Waals surface area contributed by atoms with Crippen LogP contribution in [0, 0.1) is 5.92 Å². The van der Waals surface area contributed by atoms with E-state index in [1.807, 2.05) is 29.4 Å². The molecule has 0 spiro atoms. The van der Waals surface area contributed by atoms with Gasteiger partial charge in [0.05, 0.1) is 31.6 Å². The second-order valence-corrected chi connectivity index (χ2v) is 7.10. The number of hydrogen-bond acceptors (Lipinski definition) is 4. The van der Waals surface area contributed by atoms with Crippen LogP contribution in [-0.2, 0) is 29.0 Å². The highest BCUT2D eigenvalue weighted by molar-refractivity contribution is 5.78. The van der Waals surface area contributed by atoms with Gasteiger partial charge in [0.2, 0.25) is 5.91 Å². The first-order valence-corrected chi connectivity index (χ1v) is 8.95. The van der Waals surface area contributed by atoms with E-state index in [1.54, 1.807) is 13.3 Å². The van der Waals surface area contributed by atoms with Gasteiger partial charge in [0.1, 0.15) is 0 Å². The maximum absolute atomic E-state index is 12.7. The minimum absolute atomic E-state index is 0.0993. The van der Waals surface area contributed by atoms with Gasteiger partial charge in [-0.15, -0.1) is 0 Å². The van der Waals surface area contributed by atoms with Crippen LogP contribution in [-0.4, -0.2) is 45.6 Å². The highest BCUT2D eigenvalue weighted by atomic mass is 16.5. The van der Waals surface area contributed by atoms with Crippen molar-refractivity contribution in [3.63, 3.8) is 0 Å². The van der Waals surface area contributed by atoms with E-state index in [2.05, 4.69) is 14.5 Å². The summed E-state index contributed by atoms with van der Waals surface area (Å²) in [5.41, 5.74) is 3.08. The van der Waals surface area contributed by atoms with Crippen LogP contribution in [0.4, 0.5) is 0 Å². The van der Waals surface area contributed by atoms with Crippen molar-refractivity contribution in [3.8, 4) is 0 Å². The van der Waals surface area contributed by atoms with Crippen molar-refractivity contribution in [2.45, 2.75) is 38.3 Å². The first-order chi connectivity index (χ1) is 12.2. The van der Waals surface area contributed by atoms with Crippen molar-refractivity contribution < 1.29 is 9.53 Å². The van der Waals surface area contributed by atoms with Crippen LogP contribution in [0.3, 0.4) is 0 Å². The molecule has 6 heteroatoms. The molecule has 3 heterocycles. The lowest BCUT2D eigenvalue weighted by atomic mass is 9.98. The largest absolute Gasteiger partial charge is 0.384 e. The number of hydrogen-bond donors (Lipinski definition) is 0. The van der Waals surface area contributed by atoms with E-state index in [-0.39, 0.29) is 11.8 Å². The standard InChI is InChI=1S/C19H24N4O2/c1-25-12-15-10-22(18(24)8-16-4-2-3-7-20-16)11-17-19(15)23(13-21-17)9-14-5-6-14/h2-4,7,13-15H,5-6,8-12H2,1H3/t15-/m0/s1. The molecule has 132 valence electrons. The Bertz CT molecular complexity index is 739. The molecule has 6 nitrogen and oxygen atoms in total. The molecule has 1 fully saturated rings. The highest BCUT2D eigenvalue weighted by Gasteiger charge is 2.33. The molecule has 0 N–H and O–H groups in total. The first kappa shape index (κ1) is 16.3. The number of imidazole rings is 1. The zero-order chi connectivity index (χ0) is 17.2. The molecule has 1 saturated carbocycles. The van der Waals surface area contributed by atoms with Crippen molar-refractivity contribution in [1.82, 2.24) is 19.4 Å². The number of carbonyl (C=O) groups is 1. The molecule has 1 amide bonds. The predicted molar refractivity (Wildman–Crippen MR) is 92.9 cm³/mol. The van der Waals surface area contributed by atoms with Gasteiger partial charge in [-0.1, -0.05) is 6.07 Å². The smallest absolute Gasteiger partial charge is 0.228 e. The van der Waals surface area contributed by atoms with Crippen LogP contribution >= 0.6 is 0 Å². The van der Waals surface area contributed by atoms with Crippen LogP contribution in [0.15, 0.2) is 30.7 Å². The number of aromatic nitrogens is 3. The molecule has 0 saturated heterocycles. The van der Waals surface area contributed by atoms with Gasteiger partial charge in [0.25, 0.3) is 0 Å². The number of fused-ring (bicyclic) bond motifs is 1. The Morgan fingerprint density at radius 1 is 1.32 bits per heavy atom. The lowest BCUT2D eigenvalue weighted by Crippen LogP contribution is -2.41. The van der Waals surface area contributed by atoms with E-state index >= 15 is 0 Å². The molecule has 1 atom stereocenters. The molecule has 1 aliphatic carbocycles. The molecule has 2 aromatic rings. The van der Waals surface area contributed by atoms with Gasteiger partial charge < -0.3 is 14.2 Å². The Morgan fingerprint density at radius 2 is 2.20 bits per heavy atom. The summed E-state index contributed by atoms with van der Waals surface area (Å²) in [7, 11) is 1.72. The fraction of sp³-hybridized carbons (Fsp3) is 0.526. The summed E-state index contributed by atoms with van der Waals surface area (Å²) >= 11 is 0. The van der Waals surface area contributed by atoms with Gasteiger partial charge in [-0.3, -0.25) is 9.78 Å². The van der Waals surface area contributed by atoms with Crippen molar-refractivity contribution in [1.29, 1.82) is 0 Å². The molecular weight excluding hydrogens is 316 g/mol. The molecule has 0 bridgehead atoms. The maximum atomic E-state index is 12.7. The normalized spacial score (nSPS) is 19.7. The van der Waals surface area contributed by atoms with Gasteiger partial charge in [-0.2, -0.15) is 0 Å². The maximum Gasteiger partial charge on any atom is 0.228 e. The predicted octanol–water partition coefficient (Wildman–Crippen LogP) is 2.00. The molecule has 4 rings (SSSR count). The van der Waals surface area contributed by atoms with E-state index in [0.29, 0.717) is 26.1 Å². The fourth-order valence-corrected chi connectivity index (χ4v) is 3.64. The summed E-state index contributed by atoms with van der Waals surface area (Å²) < 4.78 is 7.73. The van der Waals surface area contributed by atoms with E-state index in [1.165, 1.54) is 18.5 Å². The Morgan fingerprint density at radius 3 is 2.92 bits per heavy atom. The lowest BCUT2D eigenvalue weighted by Gasteiger charge is -2.33. The van der Waals surface area contributed by atoms with E-state index in [4.69, 9.17) is 4.74 Å². The van der Waals surface area contributed by atoms with E-state index < -0.39 is 0 Å². The summed E-state index contributed by atoms with van der Waals surface area (Å²) in [4.78, 5) is 23.5. The van der Waals surface area contributed by atoms with Crippen LogP contribution < -0.4 is 0 Å². The molecule has 2 aromatic heterocycles. The number of amides is 1. The minimum atomic E-state index is 0.0993. The second kappa shape index (κ2) is 6.96. The van der Waals surface area contributed by atoms with Gasteiger partial charge in [0, 0.05) is 43.7 Å². The number of ether oxygens (including phenoxy) is 1. The van der Waals surface area contributed by atoms with Gasteiger partial charge in [-0.05, 0) is 30.9 Å². The first-order valence-electron chi connectivity index (χ1n) is 8.95. The van der Waals surface area contributed by atoms with Crippen LogP contribution in [0.2, 0.25) is 0 Å². The third-order valence-corrected chi connectivity index (χ3v) is 5.06. The topological polar surface area (TPSA) is 60.2 Å². The van der Waals surface area contributed by atoms with E-state index in [0.717, 1.165) is 23.9 Å². The number of carbonyl (C=O) groups excluding carboxylic acids is 1. The van der Waals surface area contributed by atoms with Crippen molar-refractivity contribution in [2.75, 3.05) is 20.3 Å². The summed E-state index contributed by atoms with van der Waals surface area (Å²) in [5.74, 6) is 1.08. The number of methoxy groups -OCH3 is 1. The molecular formula is C19H24N4O2. The Kier molecular flexibility index (Phi) is 4.53. The molecule has 0 unspecified atom stereocenters. The Labute approximate surface area is 147 Å². The minimum Gasteiger partial charge on any atom is -0.384 e. The number of pyridine rings is 1. The summed E-state index contributed by atoms with van der Waals surface area (Å²) in [6.45, 7) is 2.92. The molecule has 25 heavy (non-hydrogen) atoms. The fourth-order valence-electron chi connectivity index (χ4n) is 3.64. The van der Waals surface area contributed by atoms with Crippen molar-refractivity contribution in [3.05, 3.63) is 47.8 Å². The third-order valence-electron chi connectivity index (χ3n) is 5.06. The zero-order valence-corrected chi connectivity index (χ0v) is 14.6. The zero-order valence-electron chi connectivity index (χ0n) is 14.6. The Balaban J connectivity index is 1.52. The van der Waals surface area contributed by atoms with Crippen LogP contribution in [0.1, 0.15) is 35.8 Å². The van der Waals surface area contributed by atoms with Crippen molar-refractivity contribution in [2.24, 2.45) is 5.92 Å². The SMILES string of the molecule is COC[C@@H]1CN(C(=O)Cc2ccccn2)Cc2ncn(CC3CC3)c21. The van der Waals surface area contributed by atoms with Gasteiger partial charge in [0.15, 0.2) is 0 Å². The number of nitrogens with zero attached hydrogens (tertiary/aromatic N) is 4. The van der Waals surface area contributed by atoms with Crippen molar-refractivity contribution >= 4 is 5.91 Å². The van der Waals surface area contributed by atoms with Crippen LogP contribution in [0.5, 0.6) is 0 Å². The molecule has 0 aromatic carbocycles. The monoisotopic (exact) mass is 340 g/mol. The quantitative estimate of drug-likeness (QED) is 0.807. The molecule has 2 aliphatic rings. The molecule has 1 aliphatic heterocycles. The lowest BCUT2D eigenvalue weighted by molar-refractivity contribution is -0.132. The van der Waals surface area contributed by atoms with Gasteiger partial charge in [-0.25, -0.2) is 4.98 Å². The average molecular weight is 340 g/mol. The van der Waals surface area contributed by atoms with E-state index in [9.17, 15) is 4.79 Å². The number of rotatable bonds is 6. The Hall–Kier alpha value is -2.21. The summed E-state index contributed by atoms with van der Waals surface area (Å²) in [5, 5.41) is 0.